The molecular weight excluding hydrogens is 298 g/mol. The Labute approximate surface area is 133 Å². The van der Waals surface area contributed by atoms with E-state index >= 15 is 0 Å². The molecular formula is C16H17N3O4. The Morgan fingerprint density at radius 2 is 1.87 bits per heavy atom. The number of amides is 1. The van der Waals surface area contributed by atoms with Crippen molar-refractivity contribution in [1.29, 1.82) is 0 Å². The van der Waals surface area contributed by atoms with E-state index < -0.39 is 4.92 Å². The van der Waals surface area contributed by atoms with Gasteiger partial charge in [0, 0.05) is 24.7 Å². The summed E-state index contributed by atoms with van der Waals surface area (Å²) in [5.41, 5.74) is 1.05. The molecule has 0 heterocycles. The van der Waals surface area contributed by atoms with Crippen LogP contribution in [0.2, 0.25) is 0 Å². The van der Waals surface area contributed by atoms with Crippen LogP contribution in [0.25, 0.3) is 0 Å². The first-order valence-corrected chi connectivity index (χ1v) is 7.01. The number of methoxy groups -OCH3 is 1. The third-order valence-corrected chi connectivity index (χ3v) is 3.14. The SMILES string of the molecule is COc1ccc(NC(=O)CCNc2ccccc2[N+](=O)[O-])cc1. The van der Waals surface area contributed by atoms with Gasteiger partial charge in [0.1, 0.15) is 11.4 Å². The van der Waals surface area contributed by atoms with Crippen LogP contribution in [-0.2, 0) is 4.79 Å². The molecule has 1 amide bonds. The zero-order valence-electron chi connectivity index (χ0n) is 12.6. The second kappa shape index (κ2) is 7.79. The molecule has 23 heavy (non-hydrogen) atoms. The number of para-hydroxylation sites is 2. The van der Waals surface area contributed by atoms with Crippen molar-refractivity contribution in [3.8, 4) is 5.75 Å². The molecule has 0 aliphatic heterocycles. The predicted molar refractivity (Wildman–Crippen MR) is 87.8 cm³/mol. The maximum atomic E-state index is 11.9. The van der Waals surface area contributed by atoms with Crippen molar-refractivity contribution in [1.82, 2.24) is 0 Å². The fourth-order valence-corrected chi connectivity index (χ4v) is 1.99. The standard InChI is InChI=1S/C16H17N3O4/c1-23-13-8-6-12(7-9-13)18-16(20)10-11-17-14-4-2-3-5-15(14)19(21)22/h2-9,17H,10-11H2,1H3,(H,18,20). The molecule has 0 saturated carbocycles. The first-order chi connectivity index (χ1) is 11.1. The molecule has 7 heteroatoms. The van der Waals surface area contributed by atoms with Crippen LogP contribution in [0.15, 0.2) is 48.5 Å². The van der Waals surface area contributed by atoms with E-state index in [1.54, 1.807) is 49.6 Å². The summed E-state index contributed by atoms with van der Waals surface area (Å²) in [5.74, 6) is 0.530. The number of nitrogens with one attached hydrogen (secondary N) is 2. The van der Waals surface area contributed by atoms with E-state index in [4.69, 9.17) is 4.74 Å². The van der Waals surface area contributed by atoms with Gasteiger partial charge in [-0.25, -0.2) is 0 Å². The van der Waals surface area contributed by atoms with Crippen LogP contribution in [0.1, 0.15) is 6.42 Å². The van der Waals surface area contributed by atoms with Crippen molar-refractivity contribution in [3.63, 3.8) is 0 Å². The highest BCUT2D eigenvalue weighted by Gasteiger charge is 2.12. The third kappa shape index (κ3) is 4.70. The van der Waals surface area contributed by atoms with Gasteiger partial charge in [-0.2, -0.15) is 0 Å². The highest BCUT2D eigenvalue weighted by molar-refractivity contribution is 5.91. The summed E-state index contributed by atoms with van der Waals surface area (Å²) >= 11 is 0. The Morgan fingerprint density at radius 1 is 1.17 bits per heavy atom. The van der Waals surface area contributed by atoms with Crippen molar-refractivity contribution in [2.24, 2.45) is 0 Å². The van der Waals surface area contributed by atoms with Gasteiger partial charge in [-0.1, -0.05) is 12.1 Å². The molecule has 0 unspecified atom stereocenters. The number of hydrogen-bond acceptors (Lipinski definition) is 5. The lowest BCUT2D eigenvalue weighted by molar-refractivity contribution is -0.384. The highest BCUT2D eigenvalue weighted by atomic mass is 16.6. The van der Waals surface area contributed by atoms with E-state index in [1.165, 1.54) is 6.07 Å². The molecule has 0 aromatic heterocycles. The molecule has 0 spiro atoms. The molecule has 0 radical (unpaired) electrons. The maximum absolute atomic E-state index is 11.9. The number of nitro benzene ring substituents is 1. The molecule has 0 bridgehead atoms. The van der Waals surface area contributed by atoms with Crippen LogP contribution in [0.3, 0.4) is 0 Å². The lowest BCUT2D eigenvalue weighted by Gasteiger charge is -2.08. The first kappa shape index (κ1) is 16.3. The smallest absolute Gasteiger partial charge is 0.292 e. The van der Waals surface area contributed by atoms with E-state index in [1.807, 2.05) is 0 Å². The summed E-state index contributed by atoms with van der Waals surface area (Å²) < 4.78 is 5.04. The van der Waals surface area contributed by atoms with Crippen LogP contribution < -0.4 is 15.4 Å². The minimum atomic E-state index is -0.459. The fourth-order valence-electron chi connectivity index (χ4n) is 1.99. The van der Waals surface area contributed by atoms with Crippen molar-refractivity contribution in [2.45, 2.75) is 6.42 Å². The average Bonchev–Trinajstić information content (AvgIpc) is 2.56. The largest absolute Gasteiger partial charge is 0.497 e. The first-order valence-electron chi connectivity index (χ1n) is 7.01. The minimum absolute atomic E-state index is 0.0111. The fraction of sp³-hybridized carbons (Fsp3) is 0.188. The highest BCUT2D eigenvalue weighted by Crippen LogP contribution is 2.23. The topological polar surface area (TPSA) is 93.5 Å². The van der Waals surface area contributed by atoms with Gasteiger partial charge in [-0.3, -0.25) is 14.9 Å². The third-order valence-electron chi connectivity index (χ3n) is 3.14. The monoisotopic (exact) mass is 315 g/mol. The van der Waals surface area contributed by atoms with E-state index in [0.717, 1.165) is 0 Å². The summed E-state index contributed by atoms with van der Waals surface area (Å²) in [7, 11) is 1.57. The second-order valence-corrected chi connectivity index (χ2v) is 4.73. The van der Waals surface area contributed by atoms with Gasteiger partial charge in [-0.05, 0) is 30.3 Å². The molecule has 0 atom stereocenters. The van der Waals surface area contributed by atoms with Crippen molar-refractivity contribution >= 4 is 23.0 Å². The molecule has 2 N–H and O–H groups in total. The number of nitro groups is 1. The van der Waals surface area contributed by atoms with Crippen LogP contribution in [0.5, 0.6) is 5.75 Å². The number of rotatable bonds is 7. The van der Waals surface area contributed by atoms with Crippen LogP contribution in [0, 0.1) is 10.1 Å². The molecule has 7 nitrogen and oxygen atoms in total. The Bertz CT molecular complexity index is 686. The van der Waals surface area contributed by atoms with Crippen molar-refractivity contribution in [3.05, 3.63) is 58.6 Å². The number of anilines is 2. The van der Waals surface area contributed by atoms with Crippen LogP contribution >= 0.6 is 0 Å². The number of benzene rings is 2. The van der Waals surface area contributed by atoms with Crippen LogP contribution in [-0.4, -0.2) is 24.5 Å². The van der Waals surface area contributed by atoms with Crippen molar-refractivity contribution < 1.29 is 14.5 Å². The van der Waals surface area contributed by atoms with Gasteiger partial charge >= 0.3 is 0 Å². The Kier molecular flexibility index (Phi) is 5.51. The quantitative estimate of drug-likeness (QED) is 0.605. The van der Waals surface area contributed by atoms with E-state index in [-0.39, 0.29) is 18.0 Å². The number of ether oxygens (including phenoxy) is 1. The summed E-state index contributed by atoms with van der Waals surface area (Å²) in [6.07, 6.45) is 0.193. The molecule has 0 aliphatic rings. The normalized spacial score (nSPS) is 9.96. The lowest BCUT2D eigenvalue weighted by Crippen LogP contribution is -2.16. The summed E-state index contributed by atoms with van der Waals surface area (Å²) in [4.78, 5) is 22.3. The zero-order chi connectivity index (χ0) is 16.7. The molecule has 120 valence electrons. The Hall–Kier alpha value is -3.09. The Balaban J connectivity index is 1.84. The lowest BCUT2D eigenvalue weighted by atomic mass is 10.2. The predicted octanol–water partition coefficient (Wildman–Crippen LogP) is 3.04. The van der Waals surface area contributed by atoms with Gasteiger partial charge in [-0.15, -0.1) is 0 Å². The molecule has 2 aromatic carbocycles. The van der Waals surface area contributed by atoms with E-state index in [0.29, 0.717) is 23.7 Å². The molecule has 2 aromatic rings. The van der Waals surface area contributed by atoms with E-state index in [9.17, 15) is 14.9 Å². The van der Waals surface area contributed by atoms with Crippen molar-refractivity contribution in [2.75, 3.05) is 24.3 Å². The average molecular weight is 315 g/mol. The minimum Gasteiger partial charge on any atom is -0.497 e. The van der Waals surface area contributed by atoms with E-state index in [2.05, 4.69) is 10.6 Å². The van der Waals surface area contributed by atoms with Gasteiger partial charge in [0.15, 0.2) is 0 Å². The maximum Gasteiger partial charge on any atom is 0.292 e. The molecule has 0 saturated heterocycles. The van der Waals surface area contributed by atoms with Gasteiger partial charge in [0.25, 0.3) is 5.69 Å². The number of hydrogen-bond donors (Lipinski definition) is 2. The number of carbonyl (C=O) groups excluding carboxylic acids is 1. The number of nitrogens with zero attached hydrogens (tertiary/aromatic N) is 1. The van der Waals surface area contributed by atoms with Crippen LogP contribution in [0.4, 0.5) is 17.1 Å². The second-order valence-electron chi connectivity index (χ2n) is 4.73. The summed E-state index contributed by atoms with van der Waals surface area (Å²) in [5, 5.41) is 16.5. The Morgan fingerprint density at radius 3 is 2.52 bits per heavy atom. The molecule has 0 aliphatic carbocycles. The summed E-state index contributed by atoms with van der Waals surface area (Å²) in [6, 6.07) is 13.3. The summed E-state index contributed by atoms with van der Waals surface area (Å²) in [6.45, 7) is 0.298. The molecule has 0 fully saturated rings. The zero-order valence-corrected chi connectivity index (χ0v) is 12.6. The van der Waals surface area contributed by atoms with Gasteiger partial charge in [0.05, 0.1) is 12.0 Å². The van der Waals surface area contributed by atoms with Gasteiger partial charge in [0.2, 0.25) is 5.91 Å². The van der Waals surface area contributed by atoms with Gasteiger partial charge < -0.3 is 15.4 Å². The molecule has 2 rings (SSSR count). The number of carbonyl (C=O) groups is 1.